The highest BCUT2D eigenvalue weighted by Crippen LogP contribution is 2.35. The van der Waals surface area contributed by atoms with Crippen molar-refractivity contribution in [3.63, 3.8) is 0 Å². The van der Waals surface area contributed by atoms with Gasteiger partial charge in [0.25, 0.3) is 5.69 Å². The summed E-state index contributed by atoms with van der Waals surface area (Å²) in [5, 5.41) is 26.4. The third-order valence-electron chi connectivity index (χ3n) is 9.03. The number of para-hydroxylation sites is 1. The Kier molecular flexibility index (Phi) is 12.2. The van der Waals surface area contributed by atoms with Crippen LogP contribution in [0.2, 0.25) is 0 Å². The first kappa shape index (κ1) is 37.8. The molecule has 16 heteroatoms. The van der Waals surface area contributed by atoms with Crippen LogP contribution in [0.5, 0.6) is 11.5 Å². The standard InChI is InChI=1S/C39H37N7O6S3/c1-51-30-17-19-31(33(21-30)46(49)50)41-37(48)24-54-39-42-32-18-14-27(20-34(32)55-39)40-36(47)23-53-38-44-43-35(45(38)28-10-6-3-7-11-28)22-52-29-15-12-26(13-16-29)25-8-4-2-5-9-25/h3,6-7,10-21,25H,2,4-5,8-9,22-24H2,1H3,(H,40,47)(H,41,48). The average molecular weight is 796 g/mol. The molecule has 0 bridgehead atoms. The number of hydrogen-bond acceptors (Lipinski definition) is 12. The Hall–Kier alpha value is -5.45. The van der Waals surface area contributed by atoms with Crippen LogP contribution in [0, 0.1) is 10.1 Å². The minimum Gasteiger partial charge on any atom is -0.496 e. The number of aromatic nitrogens is 4. The van der Waals surface area contributed by atoms with Gasteiger partial charge in [0.15, 0.2) is 15.3 Å². The van der Waals surface area contributed by atoms with Crippen molar-refractivity contribution in [3.8, 4) is 17.2 Å². The number of thiazole rings is 1. The van der Waals surface area contributed by atoms with Crippen molar-refractivity contribution in [2.45, 2.75) is 54.1 Å². The Balaban J connectivity index is 0.944. The summed E-state index contributed by atoms with van der Waals surface area (Å²) >= 11 is 3.87. The maximum atomic E-state index is 13.1. The van der Waals surface area contributed by atoms with E-state index in [-0.39, 0.29) is 35.4 Å². The number of fused-ring (bicyclic) bond motifs is 1. The van der Waals surface area contributed by atoms with E-state index in [4.69, 9.17) is 9.47 Å². The summed E-state index contributed by atoms with van der Waals surface area (Å²) in [7, 11) is 1.41. The third kappa shape index (κ3) is 9.62. The molecule has 1 saturated carbocycles. The lowest BCUT2D eigenvalue weighted by Gasteiger charge is -2.22. The Labute approximate surface area is 329 Å². The monoisotopic (exact) mass is 795 g/mol. The van der Waals surface area contributed by atoms with E-state index in [9.17, 15) is 19.7 Å². The van der Waals surface area contributed by atoms with E-state index in [2.05, 4.69) is 37.9 Å². The van der Waals surface area contributed by atoms with Gasteiger partial charge in [-0.3, -0.25) is 24.3 Å². The lowest BCUT2D eigenvalue weighted by atomic mass is 9.84. The summed E-state index contributed by atoms with van der Waals surface area (Å²) in [6.45, 7) is 0.211. The normalized spacial score (nSPS) is 13.0. The van der Waals surface area contributed by atoms with E-state index in [1.54, 1.807) is 18.2 Å². The molecule has 4 aromatic carbocycles. The van der Waals surface area contributed by atoms with Crippen molar-refractivity contribution in [3.05, 3.63) is 112 Å². The third-order valence-corrected chi connectivity index (χ3v) is 12.1. The minimum absolute atomic E-state index is 0.00125. The molecule has 282 valence electrons. The summed E-state index contributed by atoms with van der Waals surface area (Å²) in [5.74, 6) is 1.80. The molecule has 0 radical (unpaired) electrons. The number of amides is 2. The quantitative estimate of drug-likeness (QED) is 0.0580. The van der Waals surface area contributed by atoms with E-state index in [0.717, 1.165) is 21.7 Å². The van der Waals surface area contributed by atoms with E-state index in [0.29, 0.717) is 32.7 Å². The molecule has 13 nitrogen and oxygen atoms in total. The average Bonchev–Trinajstić information content (AvgIpc) is 3.82. The molecule has 0 spiro atoms. The van der Waals surface area contributed by atoms with Crippen LogP contribution in [-0.4, -0.2) is 55.1 Å². The second kappa shape index (κ2) is 17.8. The number of nitro groups is 1. The molecule has 0 unspecified atom stereocenters. The molecule has 1 aliphatic rings. The Bertz CT molecular complexity index is 2290. The molecule has 2 aromatic heterocycles. The van der Waals surface area contributed by atoms with Gasteiger partial charge in [-0.25, -0.2) is 4.98 Å². The Morgan fingerprint density at radius 3 is 2.40 bits per heavy atom. The number of anilines is 2. The molecule has 0 atom stereocenters. The molecular formula is C39H37N7O6S3. The minimum atomic E-state index is -0.575. The molecule has 1 aliphatic carbocycles. The highest BCUT2D eigenvalue weighted by molar-refractivity contribution is 8.01. The zero-order valence-electron chi connectivity index (χ0n) is 29.8. The Morgan fingerprint density at radius 2 is 1.64 bits per heavy atom. The number of carbonyl (C=O) groups excluding carboxylic acids is 2. The smallest absolute Gasteiger partial charge is 0.296 e. The molecule has 2 N–H and O–H groups in total. The van der Waals surface area contributed by atoms with Crippen LogP contribution in [-0.2, 0) is 16.2 Å². The van der Waals surface area contributed by atoms with Crippen LogP contribution >= 0.6 is 34.9 Å². The summed E-state index contributed by atoms with van der Waals surface area (Å²) in [6.07, 6.45) is 6.40. The maximum Gasteiger partial charge on any atom is 0.296 e. The van der Waals surface area contributed by atoms with Crippen LogP contribution in [0.15, 0.2) is 100 Å². The molecule has 1 fully saturated rings. The number of nitrogens with one attached hydrogen (secondary N) is 2. The van der Waals surface area contributed by atoms with Gasteiger partial charge in [0.2, 0.25) is 11.8 Å². The molecule has 55 heavy (non-hydrogen) atoms. The summed E-state index contributed by atoms with van der Waals surface area (Å²) in [6, 6.07) is 27.8. The zero-order chi connectivity index (χ0) is 38.1. The van der Waals surface area contributed by atoms with Crippen LogP contribution in [0.4, 0.5) is 17.1 Å². The first-order chi connectivity index (χ1) is 26.8. The maximum absolute atomic E-state index is 13.1. The van der Waals surface area contributed by atoms with Crippen molar-refractivity contribution >= 4 is 74.0 Å². The van der Waals surface area contributed by atoms with Gasteiger partial charge in [-0.1, -0.05) is 73.1 Å². The molecule has 6 aromatic rings. The number of rotatable bonds is 15. The van der Waals surface area contributed by atoms with Gasteiger partial charge in [-0.05, 0) is 78.9 Å². The highest BCUT2D eigenvalue weighted by Gasteiger charge is 2.20. The van der Waals surface area contributed by atoms with Crippen molar-refractivity contribution in [2.75, 3.05) is 29.2 Å². The second-order valence-corrected chi connectivity index (χ2v) is 15.9. The number of hydrogen-bond donors (Lipinski definition) is 2. The van der Waals surface area contributed by atoms with E-state index in [1.807, 2.05) is 53.1 Å². The highest BCUT2D eigenvalue weighted by atomic mass is 32.2. The Morgan fingerprint density at radius 1 is 0.891 bits per heavy atom. The van der Waals surface area contributed by atoms with Gasteiger partial charge < -0.3 is 20.1 Å². The van der Waals surface area contributed by atoms with Gasteiger partial charge in [0, 0.05) is 11.4 Å². The largest absolute Gasteiger partial charge is 0.496 e. The molecule has 7 rings (SSSR count). The van der Waals surface area contributed by atoms with E-state index < -0.39 is 10.8 Å². The molecule has 2 amide bonds. The van der Waals surface area contributed by atoms with Gasteiger partial charge >= 0.3 is 0 Å². The van der Waals surface area contributed by atoms with Crippen molar-refractivity contribution in [1.82, 2.24) is 19.7 Å². The van der Waals surface area contributed by atoms with Crippen molar-refractivity contribution in [2.24, 2.45) is 0 Å². The lowest BCUT2D eigenvalue weighted by Crippen LogP contribution is -2.15. The van der Waals surface area contributed by atoms with E-state index in [1.165, 1.54) is 91.8 Å². The first-order valence-electron chi connectivity index (χ1n) is 17.6. The van der Waals surface area contributed by atoms with Crippen molar-refractivity contribution in [1.29, 1.82) is 0 Å². The molecule has 0 saturated heterocycles. The predicted octanol–water partition coefficient (Wildman–Crippen LogP) is 8.88. The van der Waals surface area contributed by atoms with Crippen LogP contribution in [0.25, 0.3) is 15.9 Å². The predicted molar refractivity (Wildman–Crippen MR) is 216 cm³/mol. The molecular weight excluding hydrogens is 759 g/mol. The van der Waals surface area contributed by atoms with Crippen LogP contribution < -0.4 is 20.1 Å². The molecule has 2 heterocycles. The van der Waals surface area contributed by atoms with Gasteiger partial charge in [0.1, 0.15) is 23.8 Å². The number of nitrogens with zero attached hydrogens (tertiary/aromatic N) is 5. The van der Waals surface area contributed by atoms with Crippen LogP contribution in [0.3, 0.4) is 0 Å². The number of carbonyl (C=O) groups is 2. The fraction of sp³-hybridized carbons (Fsp3) is 0.256. The van der Waals surface area contributed by atoms with Gasteiger partial charge in [-0.15, -0.1) is 21.5 Å². The summed E-state index contributed by atoms with van der Waals surface area (Å²) in [5.41, 5.74) is 3.38. The lowest BCUT2D eigenvalue weighted by molar-refractivity contribution is -0.384. The number of nitro benzene ring substituents is 1. The SMILES string of the molecule is COc1ccc(NC(=O)CSc2nc3ccc(NC(=O)CSc4nnc(COc5ccc(C6CCCCC6)cc5)n4-c4ccccc4)cc3s2)c([N+](=O)[O-])c1. The summed E-state index contributed by atoms with van der Waals surface area (Å²) in [4.78, 5) is 41.3. The summed E-state index contributed by atoms with van der Waals surface area (Å²) < 4.78 is 14.6. The fourth-order valence-corrected chi connectivity index (χ4v) is 9.00. The van der Waals surface area contributed by atoms with E-state index >= 15 is 0 Å². The zero-order valence-corrected chi connectivity index (χ0v) is 32.3. The van der Waals surface area contributed by atoms with Crippen molar-refractivity contribution < 1.29 is 24.0 Å². The molecule has 0 aliphatic heterocycles. The van der Waals surface area contributed by atoms with Crippen LogP contribution in [0.1, 0.15) is 49.4 Å². The number of thioether (sulfide) groups is 2. The number of benzene rings is 4. The first-order valence-corrected chi connectivity index (χ1v) is 20.4. The van der Waals surface area contributed by atoms with Gasteiger partial charge in [-0.2, -0.15) is 0 Å². The fourth-order valence-electron chi connectivity index (χ4n) is 6.32. The topological polar surface area (TPSA) is 163 Å². The van der Waals surface area contributed by atoms with Gasteiger partial charge in [0.05, 0.1) is 39.8 Å². The number of ether oxygens (including phenoxy) is 2. The second-order valence-electron chi connectivity index (χ2n) is 12.7. The number of methoxy groups -OCH3 is 1.